The highest BCUT2D eigenvalue weighted by Gasteiger charge is 2.19. The third-order valence-corrected chi connectivity index (χ3v) is 3.25. The second kappa shape index (κ2) is 9.14. The predicted molar refractivity (Wildman–Crippen MR) is 94.0 cm³/mol. The molecule has 26 heavy (non-hydrogen) atoms. The van der Waals surface area contributed by atoms with Gasteiger partial charge in [0.15, 0.2) is 6.61 Å². The Morgan fingerprint density at radius 1 is 1.15 bits per heavy atom. The molecule has 0 radical (unpaired) electrons. The highest BCUT2D eigenvalue weighted by molar-refractivity contribution is 5.99. The summed E-state index contributed by atoms with van der Waals surface area (Å²) in [4.78, 5) is 34.3. The van der Waals surface area contributed by atoms with E-state index in [2.05, 4.69) is 10.6 Å². The Hall–Kier alpha value is -3.46. The summed E-state index contributed by atoms with van der Waals surface area (Å²) in [5.74, 6) is -1.43. The van der Waals surface area contributed by atoms with Crippen LogP contribution >= 0.6 is 0 Å². The maximum atomic E-state index is 12.2. The molecule has 0 saturated carbocycles. The molecule has 0 aliphatic carbocycles. The number of nitro groups is 1. The van der Waals surface area contributed by atoms with E-state index in [1.807, 2.05) is 0 Å². The SMILES string of the molecule is O=C(COC(=O)c1cc([N+](=O)[O-])ccc1NCCO)Nc1ccccc1. The van der Waals surface area contributed by atoms with Gasteiger partial charge in [0.2, 0.25) is 0 Å². The number of non-ortho nitro benzene ring substituents is 1. The Morgan fingerprint density at radius 2 is 1.88 bits per heavy atom. The molecule has 0 atom stereocenters. The third kappa shape index (κ3) is 5.28. The molecule has 0 unspecified atom stereocenters. The number of nitrogens with one attached hydrogen (secondary N) is 2. The number of benzene rings is 2. The number of amides is 1. The van der Waals surface area contributed by atoms with Gasteiger partial charge in [0.25, 0.3) is 11.6 Å². The summed E-state index contributed by atoms with van der Waals surface area (Å²) in [7, 11) is 0. The monoisotopic (exact) mass is 359 g/mol. The largest absolute Gasteiger partial charge is 0.452 e. The molecule has 0 heterocycles. The molecular formula is C17H17N3O6. The van der Waals surface area contributed by atoms with Crippen LogP contribution in [0.25, 0.3) is 0 Å². The van der Waals surface area contributed by atoms with Crippen molar-refractivity contribution >= 4 is 28.9 Å². The highest BCUT2D eigenvalue weighted by Crippen LogP contribution is 2.23. The van der Waals surface area contributed by atoms with Gasteiger partial charge < -0.3 is 20.5 Å². The minimum absolute atomic E-state index is 0.0971. The maximum Gasteiger partial charge on any atom is 0.341 e. The molecular weight excluding hydrogens is 342 g/mol. The van der Waals surface area contributed by atoms with Crippen LogP contribution < -0.4 is 10.6 Å². The fourth-order valence-corrected chi connectivity index (χ4v) is 2.09. The zero-order valence-electron chi connectivity index (χ0n) is 13.7. The molecule has 1 amide bonds. The summed E-state index contributed by atoms with van der Waals surface area (Å²) in [5.41, 5.74) is 0.424. The lowest BCUT2D eigenvalue weighted by molar-refractivity contribution is -0.384. The van der Waals surface area contributed by atoms with Gasteiger partial charge in [-0.05, 0) is 18.2 Å². The molecule has 0 aliphatic heterocycles. The van der Waals surface area contributed by atoms with Gasteiger partial charge in [0.05, 0.1) is 17.1 Å². The van der Waals surface area contributed by atoms with Crippen LogP contribution in [0, 0.1) is 10.1 Å². The number of carbonyl (C=O) groups excluding carboxylic acids is 2. The van der Waals surface area contributed by atoms with Crippen molar-refractivity contribution in [2.24, 2.45) is 0 Å². The number of nitrogens with zero attached hydrogens (tertiary/aromatic N) is 1. The molecule has 136 valence electrons. The number of carbonyl (C=O) groups is 2. The Bertz CT molecular complexity index is 794. The van der Waals surface area contributed by atoms with E-state index in [-0.39, 0.29) is 30.1 Å². The van der Waals surface area contributed by atoms with Gasteiger partial charge in [-0.3, -0.25) is 14.9 Å². The second-order valence-electron chi connectivity index (χ2n) is 5.13. The molecule has 2 rings (SSSR count). The topological polar surface area (TPSA) is 131 Å². The molecule has 3 N–H and O–H groups in total. The lowest BCUT2D eigenvalue weighted by atomic mass is 10.1. The van der Waals surface area contributed by atoms with E-state index in [1.54, 1.807) is 30.3 Å². The number of aliphatic hydroxyl groups is 1. The number of anilines is 2. The van der Waals surface area contributed by atoms with Crippen LogP contribution in [-0.2, 0) is 9.53 Å². The van der Waals surface area contributed by atoms with Crippen molar-refractivity contribution in [2.45, 2.75) is 0 Å². The summed E-state index contributed by atoms with van der Waals surface area (Å²) in [6, 6.07) is 12.2. The first-order valence-electron chi connectivity index (χ1n) is 7.66. The van der Waals surface area contributed by atoms with Crippen molar-refractivity contribution in [1.82, 2.24) is 0 Å². The first-order chi connectivity index (χ1) is 12.5. The standard InChI is InChI=1S/C17H17N3O6/c21-9-8-18-15-7-6-13(20(24)25)10-14(15)17(23)26-11-16(22)19-12-4-2-1-3-5-12/h1-7,10,18,21H,8-9,11H2,(H,19,22). The van der Waals surface area contributed by atoms with E-state index in [4.69, 9.17) is 9.84 Å². The number of nitro benzene ring substituents is 1. The van der Waals surface area contributed by atoms with E-state index >= 15 is 0 Å². The molecule has 0 aliphatic rings. The van der Waals surface area contributed by atoms with Crippen LogP contribution in [0.1, 0.15) is 10.4 Å². The van der Waals surface area contributed by atoms with Crippen LogP contribution in [-0.4, -0.2) is 41.7 Å². The summed E-state index contributed by atoms with van der Waals surface area (Å²) in [6.45, 7) is -0.590. The lowest BCUT2D eigenvalue weighted by Gasteiger charge is -2.11. The molecule has 2 aromatic carbocycles. The number of hydrogen-bond acceptors (Lipinski definition) is 7. The summed E-state index contributed by atoms with van der Waals surface area (Å²) < 4.78 is 4.94. The van der Waals surface area contributed by atoms with Crippen molar-refractivity contribution in [3.63, 3.8) is 0 Å². The average Bonchev–Trinajstić information content (AvgIpc) is 2.65. The zero-order valence-corrected chi connectivity index (χ0v) is 13.7. The smallest absolute Gasteiger partial charge is 0.341 e. The van der Waals surface area contributed by atoms with Crippen molar-refractivity contribution in [2.75, 3.05) is 30.4 Å². The summed E-state index contributed by atoms with van der Waals surface area (Å²) in [6.07, 6.45) is 0. The molecule has 9 heteroatoms. The van der Waals surface area contributed by atoms with E-state index < -0.39 is 23.4 Å². The van der Waals surface area contributed by atoms with E-state index in [9.17, 15) is 19.7 Å². The number of esters is 1. The normalized spacial score (nSPS) is 10.0. The molecule has 0 bridgehead atoms. The van der Waals surface area contributed by atoms with Crippen molar-refractivity contribution in [1.29, 1.82) is 0 Å². The Balaban J connectivity index is 2.05. The van der Waals surface area contributed by atoms with Crippen LogP contribution in [0.2, 0.25) is 0 Å². The minimum Gasteiger partial charge on any atom is -0.452 e. The number of hydrogen-bond donors (Lipinski definition) is 3. The summed E-state index contributed by atoms with van der Waals surface area (Å²) in [5, 5.41) is 25.1. The van der Waals surface area contributed by atoms with Gasteiger partial charge in [-0.1, -0.05) is 18.2 Å². The van der Waals surface area contributed by atoms with Gasteiger partial charge >= 0.3 is 5.97 Å². The van der Waals surface area contributed by atoms with Gasteiger partial charge in [-0.25, -0.2) is 4.79 Å². The zero-order chi connectivity index (χ0) is 18.9. The molecule has 9 nitrogen and oxygen atoms in total. The lowest BCUT2D eigenvalue weighted by Crippen LogP contribution is -2.21. The number of aliphatic hydroxyl groups excluding tert-OH is 1. The Morgan fingerprint density at radius 3 is 2.54 bits per heavy atom. The maximum absolute atomic E-state index is 12.2. The first kappa shape index (κ1) is 18.9. The van der Waals surface area contributed by atoms with Crippen molar-refractivity contribution < 1.29 is 24.4 Å². The third-order valence-electron chi connectivity index (χ3n) is 3.25. The number of ether oxygens (including phenoxy) is 1. The van der Waals surface area contributed by atoms with Gasteiger partial charge in [-0.15, -0.1) is 0 Å². The second-order valence-corrected chi connectivity index (χ2v) is 5.13. The fraction of sp³-hybridized carbons (Fsp3) is 0.176. The molecule has 0 spiro atoms. The van der Waals surface area contributed by atoms with Crippen molar-refractivity contribution in [3.05, 3.63) is 64.2 Å². The predicted octanol–water partition coefficient (Wildman–Crippen LogP) is 1.79. The molecule has 0 aromatic heterocycles. The van der Waals surface area contributed by atoms with Gasteiger partial charge in [0.1, 0.15) is 0 Å². The van der Waals surface area contributed by atoms with E-state index in [0.29, 0.717) is 5.69 Å². The Kier molecular flexibility index (Phi) is 6.63. The fourth-order valence-electron chi connectivity index (χ4n) is 2.09. The van der Waals surface area contributed by atoms with Gasteiger partial charge in [0, 0.05) is 30.1 Å². The Labute approximate surface area is 148 Å². The minimum atomic E-state index is -0.891. The van der Waals surface area contributed by atoms with E-state index in [0.717, 1.165) is 6.07 Å². The van der Waals surface area contributed by atoms with Crippen molar-refractivity contribution in [3.8, 4) is 0 Å². The highest BCUT2D eigenvalue weighted by atomic mass is 16.6. The molecule has 0 saturated heterocycles. The van der Waals surface area contributed by atoms with Gasteiger partial charge in [-0.2, -0.15) is 0 Å². The van der Waals surface area contributed by atoms with Crippen LogP contribution in [0.3, 0.4) is 0 Å². The average molecular weight is 359 g/mol. The number of para-hydroxylation sites is 1. The quantitative estimate of drug-likeness (QED) is 0.372. The number of rotatable bonds is 8. The molecule has 0 fully saturated rings. The molecule has 2 aromatic rings. The van der Waals surface area contributed by atoms with Crippen LogP contribution in [0.4, 0.5) is 17.1 Å². The first-order valence-corrected chi connectivity index (χ1v) is 7.66. The van der Waals surface area contributed by atoms with E-state index in [1.165, 1.54) is 12.1 Å². The van der Waals surface area contributed by atoms with Crippen LogP contribution in [0.5, 0.6) is 0 Å². The van der Waals surface area contributed by atoms with Crippen LogP contribution in [0.15, 0.2) is 48.5 Å². The summed E-state index contributed by atoms with van der Waals surface area (Å²) >= 11 is 0.